The summed E-state index contributed by atoms with van der Waals surface area (Å²) in [6.07, 6.45) is 2.85. The van der Waals surface area contributed by atoms with Gasteiger partial charge in [-0.15, -0.1) is 0 Å². The molecule has 1 fully saturated rings. The Kier molecular flexibility index (Phi) is 19.8. The van der Waals surface area contributed by atoms with Crippen molar-refractivity contribution in [1.82, 2.24) is 41.5 Å². The molecule has 0 bridgehead atoms. The second-order valence-electron chi connectivity index (χ2n) is 16.2. The van der Waals surface area contributed by atoms with Crippen LogP contribution in [0, 0.1) is 11.8 Å². The Labute approximate surface area is 366 Å². The number of H-pyrrole nitrogens is 1. The molecule has 0 saturated carbocycles. The van der Waals surface area contributed by atoms with E-state index in [-0.39, 0.29) is 50.5 Å². The minimum absolute atomic E-state index is 0.0289. The number of imidazole rings is 1. The molecule has 1 aromatic heterocycles. The van der Waals surface area contributed by atoms with Crippen molar-refractivity contribution in [1.29, 1.82) is 0 Å². The van der Waals surface area contributed by atoms with Gasteiger partial charge in [0.1, 0.15) is 36.0 Å². The van der Waals surface area contributed by atoms with Crippen LogP contribution < -0.4 is 43.8 Å². The molecule has 2 heterocycles. The van der Waals surface area contributed by atoms with Crippen LogP contribution in [-0.4, -0.2) is 139 Å². The molecule has 63 heavy (non-hydrogen) atoms. The van der Waals surface area contributed by atoms with Crippen LogP contribution in [0.4, 0.5) is 0 Å². The highest BCUT2D eigenvalue weighted by Crippen LogP contribution is 2.21. The number of hydrogen-bond donors (Lipinski definition) is 12. The van der Waals surface area contributed by atoms with Crippen molar-refractivity contribution in [3.63, 3.8) is 0 Å². The van der Waals surface area contributed by atoms with Crippen molar-refractivity contribution >= 4 is 47.4 Å². The van der Waals surface area contributed by atoms with Gasteiger partial charge in [0.15, 0.2) is 12.0 Å². The van der Waals surface area contributed by atoms with Crippen LogP contribution in [0.5, 0.6) is 5.75 Å². The number of amides is 6. The van der Waals surface area contributed by atoms with Gasteiger partial charge in [0.25, 0.3) is 0 Å². The average molecular weight is 885 g/mol. The van der Waals surface area contributed by atoms with Crippen molar-refractivity contribution in [2.45, 2.75) is 128 Å². The summed E-state index contributed by atoms with van der Waals surface area (Å²) >= 11 is 0. The van der Waals surface area contributed by atoms with Gasteiger partial charge in [-0.05, 0) is 62.1 Å². The number of nitrogens with one attached hydrogen (secondary N) is 6. The summed E-state index contributed by atoms with van der Waals surface area (Å²) in [7, 11) is 0. The Morgan fingerprint density at radius 2 is 1.51 bits per heavy atom. The number of benzene rings is 1. The number of likely N-dealkylation sites (tertiary alicyclic amines) is 1. The highest BCUT2D eigenvalue weighted by Gasteiger charge is 2.41. The molecule has 22 heteroatoms. The first-order chi connectivity index (χ1) is 29.7. The predicted molar refractivity (Wildman–Crippen MR) is 230 cm³/mol. The monoisotopic (exact) mass is 884 g/mol. The first kappa shape index (κ1) is 51.1. The molecular formula is C41H64N12O10. The van der Waals surface area contributed by atoms with Crippen molar-refractivity contribution in [3.8, 4) is 5.75 Å². The first-order valence-corrected chi connectivity index (χ1v) is 21.0. The smallest absolute Gasteiger partial charge is 0.328 e. The van der Waals surface area contributed by atoms with E-state index in [0.29, 0.717) is 30.5 Å². The lowest BCUT2D eigenvalue weighted by Gasteiger charge is -2.32. The summed E-state index contributed by atoms with van der Waals surface area (Å²) in [4.78, 5) is 107. The van der Waals surface area contributed by atoms with Crippen LogP contribution >= 0.6 is 0 Å². The van der Waals surface area contributed by atoms with Crippen molar-refractivity contribution in [2.75, 3.05) is 13.1 Å². The van der Waals surface area contributed by atoms with Gasteiger partial charge < -0.3 is 69.0 Å². The number of aliphatic imine (C=N–C) groups is 1. The molecular weight excluding hydrogens is 821 g/mol. The number of rotatable bonds is 24. The summed E-state index contributed by atoms with van der Waals surface area (Å²) in [5, 5.41) is 42.6. The SMILES string of the molecule is CC[C@H](C)[C@H](NC(=O)[C@H](Cc1ccc(O)cc1)NC(=O)[C@@H](NC(=O)[C@@H](N)CCCN=C(N)N)C(C)C)C(=O)N[C@@H](Cc1cnc[nH]1)C(=O)N1CCC[C@H]1C(=O)N[C@H](C(=O)O)[C@@H](C)O. The molecule has 6 amide bonds. The summed E-state index contributed by atoms with van der Waals surface area (Å²) in [6, 6.07) is -2.74. The molecule has 0 spiro atoms. The van der Waals surface area contributed by atoms with E-state index in [2.05, 4.69) is 41.5 Å². The number of nitrogens with zero attached hydrogens (tertiary/aromatic N) is 3. The maximum atomic E-state index is 14.3. The Hall–Kier alpha value is -6.29. The zero-order chi connectivity index (χ0) is 47.0. The van der Waals surface area contributed by atoms with Gasteiger partial charge in [-0.3, -0.25) is 33.8 Å². The Morgan fingerprint density at radius 1 is 0.873 bits per heavy atom. The Morgan fingerprint density at radius 3 is 2.08 bits per heavy atom. The molecule has 0 radical (unpaired) electrons. The third kappa shape index (κ3) is 15.5. The number of aromatic amines is 1. The second kappa shape index (κ2) is 24.4. The lowest BCUT2D eigenvalue weighted by atomic mass is 9.96. The van der Waals surface area contributed by atoms with Gasteiger partial charge in [-0.2, -0.15) is 0 Å². The van der Waals surface area contributed by atoms with Gasteiger partial charge in [0.2, 0.25) is 35.4 Å². The van der Waals surface area contributed by atoms with Gasteiger partial charge in [0.05, 0.1) is 18.5 Å². The molecule has 0 unspecified atom stereocenters. The lowest BCUT2D eigenvalue weighted by Crippen LogP contribution is -2.62. The molecule has 1 saturated heterocycles. The number of hydrogen-bond acceptors (Lipinski definition) is 12. The molecule has 1 aliphatic heterocycles. The number of aliphatic hydroxyl groups excluding tert-OH is 1. The zero-order valence-corrected chi connectivity index (χ0v) is 36.4. The highest BCUT2D eigenvalue weighted by molar-refractivity contribution is 5.97. The number of aromatic nitrogens is 2. The summed E-state index contributed by atoms with van der Waals surface area (Å²) in [5.74, 6) is -6.81. The van der Waals surface area contributed by atoms with Gasteiger partial charge in [-0.25, -0.2) is 9.78 Å². The maximum Gasteiger partial charge on any atom is 0.328 e. The molecule has 2 aromatic rings. The Balaban J connectivity index is 1.88. The standard InChI is InChI=1S/C41H64N12O10/c1-6-22(4)32(38(60)49-29(18-25-19-45-20-47-25)39(61)53-16-8-10-30(53)36(58)52-33(23(5)54)40(62)63)51-35(57)28(17-24-11-13-26(55)14-12-24)48-37(59)31(21(2)3)50-34(56)27(42)9-7-15-46-41(43)44/h11-14,19-23,27-33,54-55H,6-10,15-18,42H2,1-5H3,(H,45,47)(H,48,59)(H,49,60)(H,50,56)(H,51,57)(H,52,58)(H,62,63)(H4,43,44,46)/t22-,23+,27-,28-,29-,30-,31-,32-,33-/m0/s1. The third-order valence-corrected chi connectivity index (χ3v) is 10.8. The minimum Gasteiger partial charge on any atom is -0.508 e. The van der Waals surface area contributed by atoms with Crippen LogP contribution in [0.25, 0.3) is 0 Å². The number of aliphatic carboxylic acids is 1. The number of phenols is 1. The third-order valence-electron chi connectivity index (χ3n) is 10.8. The summed E-state index contributed by atoms with van der Waals surface area (Å²) in [6.45, 7) is 8.50. The van der Waals surface area contributed by atoms with E-state index in [4.69, 9.17) is 17.2 Å². The van der Waals surface area contributed by atoms with Gasteiger partial charge >= 0.3 is 5.97 Å². The number of aromatic hydroxyl groups is 1. The number of carbonyl (C=O) groups excluding carboxylic acids is 6. The highest BCUT2D eigenvalue weighted by atomic mass is 16.4. The van der Waals surface area contributed by atoms with E-state index >= 15 is 0 Å². The van der Waals surface area contributed by atoms with Crippen molar-refractivity contribution < 1.29 is 48.9 Å². The first-order valence-electron chi connectivity index (χ1n) is 21.0. The largest absolute Gasteiger partial charge is 0.508 e. The molecule has 15 N–H and O–H groups in total. The zero-order valence-electron chi connectivity index (χ0n) is 36.4. The van der Waals surface area contributed by atoms with Crippen molar-refractivity contribution in [3.05, 3.63) is 48.0 Å². The van der Waals surface area contributed by atoms with Crippen LogP contribution in [0.3, 0.4) is 0 Å². The lowest BCUT2D eigenvalue weighted by molar-refractivity contribution is -0.147. The summed E-state index contributed by atoms with van der Waals surface area (Å²) < 4.78 is 0. The van der Waals surface area contributed by atoms with Crippen LogP contribution in [0.1, 0.15) is 78.0 Å². The fraction of sp³-hybridized carbons (Fsp3) is 0.585. The molecule has 3 rings (SSSR count). The van der Waals surface area contributed by atoms with E-state index in [1.165, 1.54) is 36.5 Å². The molecule has 0 aliphatic carbocycles. The number of carbonyl (C=O) groups is 7. The van der Waals surface area contributed by atoms with Crippen LogP contribution in [0.2, 0.25) is 0 Å². The molecule has 22 nitrogen and oxygen atoms in total. The van der Waals surface area contributed by atoms with E-state index in [9.17, 15) is 48.9 Å². The number of carboxylic acid groups (broad SMARTS) is 1. The van der Waals surface area contributed by atoms with Gasteiger partial charge in [-0.1, -0.05) is 46.2 Å². The fourth-order valence-electron chi connectivity index (χ4n) is 6.96. The van der Waals surface area contributed by atoms with Crippen LogP contribution in [0.15, 0.2) is 41.8 Å². The molecule has 9 atom stereocenters. The topological polar surface area (TPSA) is 363 Å². The number of guanidine groups is 1. The number of phenolic OH excluding ortho intramolecular Hbond substituents is 1. The van der Waals surface area contributed by atoms with E-state index in [1.807, 2.05) is 0 Å². The molecule has 1 aliphatic rings. The Bertz CT molecular complexity index is 1890. The normalized spacial score (nSPS) is 17.5. The number of carboxylic acids is 1. The number of aliphatic hydroxyl groups is 1. The molecule has 1 aromatic carbocycles. The number of nitrogens with two attached hydrogens (primary N) is 3. The van der Waals surface area contributed by atoms with Gasteiger partial charge in [0, 0.05) is 37.8 Å². The van der Waals surface area contributed by atoms with E-state index in [1.54, 1.807) is 39.8 Å². The van der Waals surface area contributed by atoms with E-state index in [0.717, 1.165) is 0 Å². The quantitative estimate of drug-likeness (QED) is 0.0304. The molecule has 348 valence electrons. The fourth-order valence-corrected chi connectivity index (χ4v) is 6.96. The average Bonchev–Trinajstić information content (AvgIpc) is 3.94. The summed E-state index contributed by atoms with van der Waals surface area (Å²) in [5.41, 5.74) is 17.8. The van der Waals surface area contributed by atoms with E-state index < -0.39 is 102 Å². The van der Waals surface area contributed by atoms with Crippen LogP contribution in [-0.2, 0) is 46.4 Å². The van der Waals surface area contributed by atoms with Crippen molar-refractivity contribution in [2.24, 2.45) is 34.0 Å². The maximum absolute atomic E-state index is 14.3. The minimum atomic E-state index is -1.62. The second-order valence-corrected chi connectivity index (χ2v) is 16.2. The predicted octanol–water partition coefficient (Wildman–Crippen LogP) is -2.14.